The highest BCUT2D eigenvalue weighted by Crippen LogP contribution is 2.37. The fraction of sp³-hybridized carbons (Fsp3) is 0.400. The van der Waals surface area contributed by atoms with Crippen molar-refractivity contribution in [2.45, 2.75) is 37.3 Å². The Bertz CT molecular complexity index is 1120. The quantitative estimate of drug-likeness (QED) is 0.496. The van der Waals surface area contributed by atoms with Gasteiger partial charge < -0.3 is 19.1 Å². The van der Waals surface area contributed by atoms with Gasteiger partial charge in [-0.15, -0.1) is 0 Å². The van der Waals surface area contributed by atoms with Crippen LogP contribution in [0, 0.1) is 5.82 Å². The number of aromatic nitrogens is 2. The molecule has 1 atom stereocenters. The maximum atomic E-state index is 13.4. The second-order valence-corrected chi connectivity index (χ2v) is 9.00. The van der Waals surface area contributed by atoms with Gasteiger partial charge in [0.25, 0.3) is 0 Å². The molecular weight excluding hydrogens is 441 g/mol. The predicted octanol–water partition coefficient (Wildman–Crippen LogP) is 4.05. The molecule has 1 unspecified atom stereocenters. The van der Waals surface area contributed by atoms with E-state index < -0.39 is 6.16 Å². The minimum absolute atomic E-state index is 0.171. The van der Waals surface area contributed by atoms with E-state index in [1.807, 2.05) is 36.4 Å². The van der Waals surface area contributed by atoms with E-state index in [4.69, 9.17) is 19.1 Å². The minimum atomic E-state index is -1.23. The van der Waals surface area contributed by atoms with Crippen LogP contribution in [0.4, 0.5) is 9.18 Å². The van der Waals surface area contributed by atoms with Crippen molar-refractivity contribution in [3.8, 4) is 11.4 Å². The lowest BCUT2D eigenvalue weighted by molar-refractivity contribution is -0.0363. The summed E-state index contributed by atoms with van der Waals surface area (Å²) in [5, 5.41) is 12.8. The molecule has 178 valence electrons. The van der Waals surface area contributed by atoms with E-state index in [2.05, 4.69) is 15.0 Å². The Morgan fingerprint density at radius 3 is 2.62 bits per heavy atom. The van der Waals surface area contributed by atoms with E-state index >= 15 is 0 Å². The summed E-state index contributed by atoms with van der Waals surface area (Å²) in [6.45, 7) is 3.22. The Morgan fingerprint density at radius 2 is 1.94 bits per heavy atom. The molecule has 2 saturated heterocycles. The molecule has 9 heteroatoms. The van der Waals surface area contributed by atoms with Crippen molar-refractivity contribution in [2.24, 2.45) is 0 Å². The van der Waals surface area contributed by atoms with Crippen molar-refractivity contribution in [2.75, 3.05) is 26.3 Å². The second kappa shape index (κ2) is 9.52. The van der Waals surface area contributed by atoms with E-state index in [9.17, 15) is 9.18 Å². The van der Waals surface area contributed by atoms with Crippen LogP contribution in [0.5, 0.6) is 0 Å². The highest BCUT2D eigenvalue weighted by atomic mass is 19.1. The summed E-state index contributed by atoms with van der Waals surface area (Å²) >= 11 is 0. The Hall–Kier alpha value is -3.30. The summed E-state index contributed by atoms with van der Waals surface area (Å²) in [4.78, 5) is 17.3. The standard InChI is InChI=1S/C25H26FN3O5/c26-20-7-5-19(6-8-20)25(11-12-32-16-25)10-9-22-27-23(28-34-22)18-3-1-17(2-4-18)13-29-14-21(15-29)33-24(30)31/h1-8,21H,9-16H2,(H,30,31). The molecule has 2 aromatic carbocycles. The number of carboxylic acid groups (broad SMARTS) is 1. The largest absolute Gasteiger partial charge is 0.506 e. The van der Waals surface area contributed by atoms with Crippen molar-refractivity contribution < 1.29 is 28.3 Å². The van der Waals surface area contributed by atoms with E-state index in [1.54, 1.807) is 0 Å². The highest BCUT2D eigenvalue weighted by molar-refractivity contribution is 5.57. The van der Waals surface area contributed by atoms with Crippen LogP contribution in [-0.2, 0) is 27.9 Å². The van der Waals surface area contributed by atoms with Crippen LogP contribution in [0.1, 0.15) is 29.9 Å². The molecule has 0 saturated carbocycles. The molecule has 2 aliphatic heterocycles. The number of ether oxygens (including phenoxy) is 2. The molecule has 0 amide bonds. The number of hydrogen-bond acceptors (Lipinski definition) is 7. The molecule has 0 spiro atoms. The SMILES string of the molecule is O=C(O)OC1CN(Cc2ccc(-c3noc(CCC4(c5ccc(F)cc5)CCOC4)n3)cc2)C1. The third kappa shape index (κ3) is 4.95. The van der Waals surface area contributed by atoms with Crippen LogP contribution >= 0.6 is 0 Å². The van der Waals surface area contributed by atoms with Crippen LogP contribution in [-0.4, -0.2) is 58.7 Å². The summed E-state index contributed by atoms with van der Waals surface area (Å²) in [6, 6.07) is 14.6. The number of nitrogens with zero attached hydrogens (tertiary/aromatic N) is 3. The Labute approximate surface area is 196 Å². The molecule has 0 radical (unpaired) electrons. The summed E-state index contributed by atoms with van der Waals surface area (Å²) in [7, 11) is 0. The molecular formula is C25H26FN3O5. The van der Waals surface area contributed by atoms with Gasteiger partial charge in [-0.2, -0.15) is 4.98 Å². The van der Waals surface area contributed by atoms with Crippen LogP contribution in [0.25, 0.3) is 11.4 Å². The van der Waals surface area contributed by atoms with Crippen molar-refractivity contribution in [3.63, 3.8) is 0 Å². The fourth-order valence-electron chi connectivity index (χ4n) is 4.69. The van der Waals surface area contributed by atoms with Gasteiger partial charge in [-0.05, 0) is 36.1 Å². The topological polar surface area (TPSA) is 97.9 Å². The molecule has 3 aromatic rings. The molecule has 5 rings (SSSR count). The Kier molecular flexibility index (Phi) is 6.30. The number of carbonyl (C=O) groups is 1. The molecule has 1 aromatic heterocycles. The molecule has 0 bridgehead atoms. The zero-order chi connectivity index (χ0) is 23.5. The minimum Gasteiger partial charge on any atom is -0.450 e. The van der Waals surface area contributed by atoms with Gasteiger partial charge in [0.15, 0.2) is 0 Å². The van der Waals surface area contributed by atoms with E-state index in [0.29, 0.717) is 44.4 Å². The first-order valence-corrected chi connectivity index (χ1v) is 11.4. The number of likely N-dealkylation sites (tertiary alicyclic amines) is 1. The van der Waals surface area contributed by atoms with Crippen molar-refractivity contribution in [3.05, 3.63) is 71.4 Å². The van der Waals surface area contributed by atoms with Gasteiger partial charge >= 0.3 is 6.16 Å². The monoisotopic (exact) mass is 467 g/mol. The zero-order valence-corrected chi connectivity index (χ0v) is 18.7. The van der Waals surface area contributed by atoms with E-state index in [1.165, 1.54) is 12.1 Å². The fourth-order valence-corrected chi connectivity index (χ4v) is 4.69. The number of aryl methyl sites for hydroxylation is 1. The van der Waals surface area contributed by atoms with Gasteiger partial charge in [0.1, 0.15) is 11.9 Å². The normalized spacial score (nSPS) is 20.9. The number of rotatable bonds is 8. The van der Waals surface area contributed by atoms with Gasteiger partial charge in [0.05, 0.1) is 6.61 Å². The first-order chi connectivity index (χ1) is 16.5. The summed E-state index contributed by atoms with van der Waals surface area (Å²) in [5.74, 6) is 0.864. The van der Waals surface area contributed by atoms with E-state index in [0.717, 1.165) is 36.1 Å². The van der Waals surface area contributed by atoms with Crippen molar-refractivity contribution >= 4 is 6.16 Å². The number of hydrogen-bond donors (Lipinski definition) is 1. The first-order valence-electron chi connectivity index (χ1n) is 11.4. The second-order valence-electron chi connectivity index (χ2n) is 9.00. The average Bonchev–Trinajstić information content (AvgIpc) is 3.48. The Morgan fingerprint density at radius 1 is 1.18 bits per heavy atom. The van der Waals surface area contributed by atoms with Crippen LogP contribution in [0.15, 0.2) is 53.1 Å². The number of halogens is 1. The smallest absolute Gasteiger partial charge is 0.450 e. The van der Waals surface area contributed by atoms with Crippen molar-refractivity contribution in [1.82, 2.24) is 15.0 Å². The molecule has 1 N–H and O–H groups in total. The third-order valence-electron chi connectivity index (χ3n) is 6.65. The molecule has 2 fully saturated rings. The zero-order valence-electron chi connectivity index (χ0n) is 18.7. The third-order valence-corrected chi connectivity index (χ3v) is 6.65. The Balaban J connectivity index is 1.18. The molecule has 8 nitrogen and oxygen atoms in total. The summed E-state index contributed by atoms with van der Waals surface area (Å²) in [6.07, 6.45) is 0.798. The number of benzene rings is 2. The summed E-state index contributed by atoms with van der Waals surface area (Å²) < 4.78 is 29.3. The van der Waals surface area contributed by atoms with Crippen LogP contribution in [0.2, 0.25) is 0 Å². The molecule has 3 heterocycles. The molecule has 2 aliphatic rings. The lowest BCUT2D eigenvalue weighted by atomic mass is 9.76. The maximum absolute atomic E-state index is 13.4. The van der Waals surface area contributed by atoms with Crippen LogP contribution < -0.4 is 0 Å². The average molecular weight is 467 g/mol. The maximum Gasteiger partial charge on any atom is 0.506 e. The summed E-state index contributed by atoms with van der Waals surface area (Å²) in [5.41, 5.74) is 2.88. The first kappa shape index (κ1) is 22.5. The molecule has 34 heavy (non-hydrogen) atoms. The van der Waals surface area contributed by atoms with Crippen LogP contribution in [0.3, 0.4) is 0 Å². The van der Waals surface area contributed by atoms with Gasteiger partial charge in [0.2, 0.25) is 11.7 Å². The van der Waals surface area contributed by atoms with Gasteiger partial charge in [-0.25, -0.2) is 9.18 Å². The van der Waals surface area contributed by atoms with E-state index in [-0.39, 0.29) is 17.3 Å². The van der Waals surface area contributed by atoms with Gasteiger partial charge in [0, 0.05) is 43.6 Å². The lowest BCUT2D eigenvalue weighted by Gasteiger charge is -2.37. The molecule has 0 aliphatic carbocycles. The highest BCUT2D eigenvalue weighted by Gasteiger charge is 2.37. The van der Waals surface area contributed by atoms with Gasteiger partial charge in [-0.3, -0.25) is 4.90 Å². The lowest BCUT2D eigenvalue weighted by Crippen LogP contribution is -2.52. The predicted molar refractivity (Wildman–Crippen MR) is 120 cm³/mol. The van der Waals surface area contributed by atoms with Crippen molar-refractivity contribution in [1.29, 1.82) is 0 Å². The van der Waals surface area contributed by atoms with Gasteiger partial charge in [-0.1, -0.05) is 41.6 Å².